The molecule has 1 amide bonds. The summed E-state index contributed by atoms with van der Waals surface area (Å²) >= 11 is 0. The number of nitrogens with zero attached hydrogens (tertiary/aromatic N) is 1. The molecule has 1 aliphatic heterocycles. The minimum atomic E-state index is -0.678. The first-order chi connectivity index (χ1) is 10.7. The van der Waals surface area contributed by atoms with Gasteiger partial charge < -0.3 is 4.74 Å². The molecular formula is C18H20N2O2. The normalized spacial score (nSPS) is 22.2. The standard InChI is InChI=1S/C18H20N2O2/c1-20-12-11-18(17(21)19-20,14-7-4-3-5-8-14)15-9-6-10-16(13-15)22-2/h3-10,13H,11-12H2,1-2H3,(H,19,21). The molecule has 1 atom stereocenters. The van der Waals surface area contributed by atoms with Gasteiger partial charge in [-0.1, -0.05) is 42.5 Å². The highest BCUT2D eigenvalue weighted by Gasteiger charge is 2.45. The molecule has 22 heavy (non-hydrogen) atoms. The van der Waals surface area contributed by atoms with Crippen LogP contribution in [-0.2, 0) is 10.2 Å². The molecule has 0 spiro atoms. The zero-order chi connectivity index (χ0) is 15.6. The second-order valence-electron chi connectivity index (χ2n) is 5.62. The van der Waals surface area contributed by atoms with E-state index in [-0.39, 0.29) is 5.91 Å². The van der Waals surface area contributed by atoms with Gasteiger partial charge >= 0.3 is 0 Å². The van der Waals surface area contributed by atoms with Gasteiger partial charge in [-0.2, -0.15) is 0 Å². The lowest BCUT2D eigenvalue weighted by molar-refractivity contribution is -0.133. The molecule has 1 N–H and O–H groups in total. The first kappa shape index (κ1) is 14.6. The number of hydrogen-bond donors (Lipinski definition) is 1. The number of amides is 1. The van der Waals surface area contributed by atoms with E-state index in [0.717, 1.165) is 29.8 Å². The van der Waals surface area contributed by atoms with Crippen molar-refractivity contribution in [2.24, 2.45) is 0 Å². The largest absolute Gasteiger partial charge is 0.497 e. The van der Waals surface area contributed by atoms with Gasteiger partial charge in [0, 0.05) is 13.6 Å². The lowest BCUT2D eigenvalue weighted by Gasteiger charge is -2.40. The van der Waals surface area contributed by atoms with Crippen LogP contribution in [-0.4, -0.2) is 31.6 Å². The van der Waals surface area contributed by atoms with Crippen molar-refractivity contribution in [3.8, 4) is 5.75 Å². The van der Waals surface area contributed by atoms with Gasteiger partial charge in [0.25, 0.3) is 0 Å². The van der Waals surface area contributed by atoms with Crippen LogP contribution in [0.25, 0.3) is 0 Å². The topological polar surface area (TPSA) is 41.6 Å². The summed E-state index contributed by atoms with van der Waals surface area (Å²) in [5, 5.41) is 1.84. The van der Waals surface area contributed by atoms with Crippen LogP contribution in [0.5, 0.6) is 5.75 Å². The summed E-state index contributed by atoms with van der Waals surface area (Å²) in [4.78, 5) is 12.9. The average Bonchev–Trinajstić information content (AvgIpc) is 2.56. The second-order valence-corrected chi connectivity index (χ2v) is 5.62. The van der Waals surface area contributed by atoms with Gasteiger partial charge in [0.05, 0.1) is 7.11 Å². The van der Waals surface area contributed by atoms with E-state index >= 15 is 0 Å². The predicted octanol–water partition coefficient (Wildman–Crippen LogP) is 2.35. The fourth-order valence-electron chi connectivity index (χ4n) is 3.10. The molecule has 3 rings (SSSR count). The molecule has 1 saturated heterocycles. The van der Waals surface area contributed by atoms with E-state index in [9.17, 15) is 4.79 Å². The van der Waals surface area contributed by atoms with Crippen LogP contribution in [0, 0.1) is 0 Å². The highest BCUT2D eigenvalue weighted by Crippen LogP contribution is 2.39. The predicted molar refractivity (Wildman–Crippen MR) is 85.6 cm³/mol. The molecular weight excluding hydrogens is 276 g/mol. The quantitative estimate of drug-likeness (QED) is 0.945. The Morgan fingerprint density at radius 1 is 1.09 bits per heavy atom. The molecule has 2 aromatic carbocycles. The van der Waals surface area contributed by atoms with E-state index in [2.05, 4.69) is 5.43 Å². The van der Waals surface area contributed by atoms with E-state index < -0.39 is 5.41 Å². The van der Waals surface area contributed by atoms with Crippen molar-refractivity contribution in [3.05, 3.63) is 65.7 Å². The van der Waals surface area contributed by atoms with Gasteiger partial charge in [0.15, 0.2) is 0 Å². The molecule has 0 aliphatic carbocycles. The van der Waals surface area contributed by atoms with E-state index in [1.165, 1.54) is 0 Å². The Morgan fingerprint density at radius 3 is 2.50 bits per heavy atom. The van der Waals surface area contributed by atoms with Crippen molar-refractivity contribution >= 4 is 5.91 Å². The molecule has 0 saturated carbocycles. The third-order valence-electron chi connectivity index (χ3n) is 4.33. The monoisotopic (exact) mass is 296 g/mol. The fourth-order valence-corrected chi connectivity index (χ4v) is 3.10. The number of nitrogens with one attached hydrogen (secondary N) is 1. The summed E-state index contributed by atoms with van der Waals surface area (Å²) in [6, 6.07) is 17.7. The van der Waals surface area contributed by atoms with Crippen LogP contribution in [0.1, 0.15) is 17.5 Å². The zero-order valence-electron chi connectivity index (χ0n) is 12.9. The van der Waals surface area contributed by atoms with Crippen molar-refractivity contribution in [2.75, 3.05) is 20.7 Å². The van der Waals surface area contributed by atoms with Crippen molar-refractivity contribution in [1.29, 1.82) is 0 Å². The van der Waals surface area contributed by atoms with Crippen molar-refractivity contribution < 1.29 is 9.53 Å². The Labute approximate surface area is 130 Å². The van der Waals surface area contributed by atoms with Gasteiger partial charge in [-0.3, -0.25) is 10.2 Å². The minimum absolute atomic E-state index is 0.000651. The van der Waals surface area contributed by atoms with Gasteiger partial charge in [0.2, 0.25) is 5.91 Å². The molecule has 4 heteroatoms. The molecule has 1 heterocycles. The third kappa shape index (κ3) is 2.35. The SMILES string of the molecule is COc1cccc(C2(c3ccccc3)CCN(C)NC2=O)c1. The molecule has 0 radical (unpaired) electrons. The van der Waals surface area contributed by atoms with Gasteiger partial charge in [-0.15, -0.1) is 0 Å². The van der Waals surface area contributed by atoms with E-state index in [0.29, 0.717) is 0 Å². The Hall–Kier alpha value is -2.33. The molecule has 0 bridgehead atoms. The molecule has 114 valence electrons. The fraction of sp³-hybridized carbons (Fsp3) is 0.278. The molecule has 4 nitrogen and oxygen atoms in total. The number of benzene rings is 2. The van der Waals surface area contributed by atoms with Crippen molar-refractivity contribution in [1.82, 2.24) is 10.4 Å². The van der Waals surface area contributed by atoms with Crippen molar-refractivity contribution in [2.45, 2.75) is 11.8 Å². The first-order valence-electron chi connectivity index (χ1n) is 7.39. The number of hydrazine groups is 1. The van der Waals surface area contributed by atoms with Crippen molar-refractivity contribution in [3.63, 3.8) is 0 Å². The summed E-state index contributed by atoms with van der Waals surface area (Å²) in [7, 11) is 3.53. The number of methoxy groups -OCH3 is 1. The van der Waals surface area contributed by atoms with Crippen LogP contribution in [0.2, 0.25) is 0 Å². The van der Waals surface area contributed by atoms with Gasteiger partial charge in [0.1, 0.15) is 11.2 Å². The smallest absolute Gasteiger partial charge is 0.249 e. The van der Waals surface area contributed by atoms with Crippen LogP contribution < -0.4 is 10.2 Å². The van der Waals surface area contributed by atoms with E-state index in [1.807, 2.05) is 66.7 Å². The maximum Gasteiger partial charge on any atom is 0.249 e. The van der Waals surface area contributed by atoms with Crippen LogP contribution in [0.15, 0.2) is 54.6 Å². The summed E-state index contributed by atoms with van der Waals surface area (Å²) in [5.41, 5.74) is 4.25. The van der Waals surface area contributed by atoms with Crippen LogP contribution >= 0.6 is 0 Å². The summed E-state index contributed by atoms with van der Waals surface area (Å²) in [6.45, 7) is 0.790. The maximum absolute atomic E-state index is 12.9. The van der Waals surface area contributed by atoms with E-state index in [1.54, 1.807) is 7.11 Å². The van der Waals surface area contributed by atoms with Gasteiger partial charge in [-0.05, 0) is 29.7 Å². The molecule has 2 aromatic rings. The lowest BCUT2D eigenvalue weighted by atomic mass is 9.70. The van der Waals surface area contributed by atoms with Gasteiger partial charge in [-0.25, -0.2) is 5.01 Å². The lowest BCUT2D eigenvalue weighted by Crippen LogP contribution is -2.57. The molecule has 0 aromatic heterocycles. The van der Waals surface area contributed by atoms with E-state index in [4.69, 9.17) is 4.74 Å². The Morgan fingerprint density at radius 2 is 1.82 bits per heavy atom. The molecule has 1 unspecified atom stereocenters. The minimum Gasteiger partial charge on any atom is -0.497 e. The Balaban J connectivity index is 2.17. The number of ether oxygens (including phenoxy) is 1. The number of hydrogen-bond acceptors (Lipinski definition) is 3. The first-order valence-corrected chi connectivity index (χ1v) is 7.39. The van der Waals surface area contributed by atoms with Crippen LogP contribution in [0.4, 0.5) is 0 Å². The maximum atomic E-state index is 12.9. The van der Waals surface area contributed by atoms with Crippen LogP contribution in [0.3, 0.4) is 0 Å². The Bertz CT molecular complexity index is 672. The highest BCUT2D eigenvalue weighted by molar-refractivity contribution is 5.92. The summed E-state index contributed by atoms with van der Waals surface area (Å²) in [5.74, 6) is 0.764. The third-order valence-corrected chi connectivity index (χ3v) is 4.33. The zero-order valence-corrected chi connectivity index (χ0v) is 12.9. The molecule has 1 aliphatic rings. The summed E-state index contributed by atoms with van der Waals surface area (Å²) in [6.07, 6.45) is 0.729. The number of carbonyl (C=O) groups excluding carboxylic acids is 1. The highest BCUT2D eigenvalue weighted by atomic mass is 16.5. The number of carbonyl (C=O) groups is 1. The molecule has 1 fully saturated rings. The average molecular weight is 296 g/mol. The summed E-state index contributed by atoms with van der Waals surface area (Å²) < 4.78 is 5.34. The second kappa shape index (κ2) is 5.81. The number of rotatable bonds is 3. The Kier molecular flexibility index (Phi) is 3.86.